The van der Waals surface area contributed by atoms with Gasteiger partial charge in [-0.1, -0.05) is 23.7 Å². The van der Waals surface area contributed by atoms with Crippen LogP contribution in [0.1, 0.15) is 18.7 Å². The Morgan fingerprint density at radius 2 is 1.93 bits per heavy atom. The Bertz CT molecular complexity index is 357. The van der Waals surface area contributed by atoms with Gasteiger partial charge in [0.1, 0.15) is 0 Å². The SMILES string of the molecule is CC(=O)OC(=O)c1ccccc1Cl.[H-].[Na+]. The van der Waals surface area contributed by atoms with Crippen molar-refractivity contribution in [3.63, 3.8) is 0 Å². The molecule has 0 aliphatic heterocycles. The summed E-state index contributed by atoms with van der Waals surface area (Å²) in [6.45, 7) is 1.16. The van der Waals surface area contributed by atoms with Crippen molar-refractivity contribution < 1.29 is 45.3 Å². The summed E-state index contributed by atoms with van der Waals surface area (Å²) in [6.07, 6.45) is 0. The average molecular weight is 223 g/mol. The largest absolute Gasteiger partial charge is 1.00 e. The van der Waals surface area contributed by atoms with Crippen molar-refractivity contribution in [1.82, 2.24) is 0 Å². The molecule has 0 saturated heterocycles. The van der Waals surface area contributed by atoms with Crippen molar-refractivity contribution >= 4 is 23.5 Å². The summed E-state index contributed by atoms with van der Waals surface area (Å²) < 4.78 is 4.35. The zero-order chi connectivity index (χ0) is 9.84. The van der Waals surface area contributed by atoms with Crippen molar-refractivity contribution in [3.05, 3.63) is 34.9 Å². The molecular formula is C9H8ClNaO3. The first-order valence-corrected chi connectivity index (χ1v) is 3.96. The number of rotatable bonds is 1. The minimum Gasteiger partial charge on any atom is -1.00 e. The topological polar surface area (TPSA) is 43.4 Å². The van der Waals surface area contributed by atoms with Gasteiger partial charge in [-0.15, -0.1) is 0 Å². The van der Waals surface area contributed by atoms with Gasteiger partial charge in [0.25, 0.3) is 0 Å². The van der Waals surface area contributed by atoms with Gasteiger partial charge in [0.2, 0.25) is 0 Å². The van der Waals surface area contributed by atoms with Crippen LogP contribution >= 0.6 is 11.6 Å². The molecule has 1 aromatic rings. The summed E-state index contributed by atoms with van der Waals surface area (Å²) in [6, 6.07) is 6.38. The van der Waals surface area contributed by atoms with Gasteiger partial charge in [-0.3, -0.25) is 4.79 Å². The fourth-order valence-electron chi connectivity index (χ4n) is 0.812. The molecule has 3 nitrogen and oxygen atoms in total. The third kappa shape index (κ3) is 3.80. The van der Waals surface area contributed by atoms with Crippen LogP contribution in [-0.4, -0.2) is 11.9 Å². The van der Waals surface area contributed by atoms with E-state index in [4.69, 9.17) is 11.6 Å². The quantitative estimate of drug-likeness (QED) is 0.354. The van der Waals surface area contributed by atoms with Gasteiger partial charge in [0.05, 0.1) is 10.6 Å². The normalized spacial score (nSPS) is 8.71. The number of ether oxygens (including phenoxy) is 1. The predicted molar refractivity (Wildman–Crippen MR) is 48.7 cm³/mol. The predicted octanol–water partition coefficient (Wildman–Crippen LogP) is -0.840. The molecule has 14 heavy (non-hydrogen) atoms. The van der Waals surface area contributed by atoms with Crippen LogP contribution in [0.25, 0.3) is 0 Å². The van der Waals surface area contributed by atoms with Gasteiger partial charge in [0.15, 0.2) is 0 Å². The van der Waals surface area contributed by atoms with Crippen LogP contribution in [0.2, 0.25) is 5.02 Å². The Morgan fingerprint density at radius 3 is 2.43 bits per heavy atom. The molecule has 0 fully saturated rings. The Labute approximate surface area is 110 Å². The molecule has 0 bridgehead atoms. The number of carbonyl (C=O) groups excluding carboxylic acids is 2. The van der Waals surface area contributed by atoms with Crippen LogP contribution in [0.5, 0.6) is 0 Å². The molecule has 0 aliphatic rings. The molecule has 1 rings (SSSR count). The van der Waals surface area contributed by atoms with E-state index in [-0.39, 0.29) is 41.6 Å². The second kappa shape index (κ2) is 6.19. The molecule has 0 radical (unpaired) electrons. The van der Waals surface area contributed by atoms with Crippen molar-refractivity contribution in [1.29, 1.82) is 0 Å². The first-order chi connectivity index (χ1) is 6.11. The minimum atomic E-state index is -0.724. The Morgan fingerprint density at radius 1 is 1.36 bits per heavy atom. The number of halogens is 1. The van der Waals surface area contributed by atoms with Gasteiger partial charge in [0, 0.05) is 6.92 Å². The monoisotopic (exact) mass is 222 g/mol. The van der Waals surface area contributed by atoms with E-state index in [0.717, 1.165) is 6.92 Å². The van der Waals surface area contributed by atoms with E-state index < -0.39 is 11.9 Å². The van der Waals surface area contributed by atoms with Crippen LogP contribution in [0.3, 0.4) is 0 Å². The summed E-state index contributed by atoms with van der Waals surface area (Å²) >= 11 is 5.69. The average Bonchev–Trinajstić information content (AvgIpc) is 2.03. The Hall–Kier alpha value is -0.350. The molecular weight excluding hydrogens is 215 g/mol. The summed E-state index contributed by atoms with van der Waals surface area (Å²) in [5.41, 5.74) is 0.194. The smallest absolute Gasteiger partial charge is 1.00 e. The molecule has 0 heterocycles. The Kier molecular flexibility index (Phi) is 6.04. The maximum absolute atomic E-state index is 11.1. The van der Waals surface area contributed by atoms with E-state index >= 15 is 0 Å². The van der Waals surface area contributed by atoms with E-state index in [1.54, 1.807) is 18.2 Å². The van der Waals surface area contributed by atoms with E-state index in [0.29, 0.717) is 0 Å². The van der Waals surface area contributed by atoms with Crippen LogP contribution in [0, 0.1) is 0 Å². The first kappa shape index (κ1) is 13.7. The fraction of sp³-hybridized carbons (Fsp3) is 0.111. The molecule has 0 N–H and O–H groups in total. The third-order valence-electron chi connectivity index (χ3n) is 1.33. The number of carbonyl (C=O) groups is 2. The molecule has 0 atom stereocenters. The molecule has 0 saturated carbocycles. The standard InChI is InChI=1S/C9H7ClO3.Na.H/c1-6(11)13-9(12)7-4-2-3-5-8(7)10;;/h2-5H,1H3;;/q;+1;-1. The van der Waals surface area contributed by atoms with Gasteiger partial charge in [-0.2, -0.15) is 0 Å². The van der Waals surface area contributed by atoms with Crippen LogP contribution in [0.4, 0.5) is 0 Å². The molecule has 0 unspecified atom stereocenters. The number of benzene rings is 1. The zero-order valence-electron chi connectivity index (χ0n) is 8.91. The van der Waals surface area contributed by atoms with Gasteiger partial charge in [-0.05, 0) is 12.1 Å². The molecule has 0 amide bonds. The second-order valence-corrected chi connectivity index (χ2v) is 2.77. The zero-order valence-corrected chi connectivity index (χ0v) is 10.7. The number of hydrogen-bond donors (Lipinski definition) is 0. The molecule has 0 aromatic heterocycles. The third-order valence-corrected chi connectivity index (χ3v) is 1.66. The number of esters is 2. The molecule has 0 aliphatic carbocycles. The minimum absolute atomic E-state index is 0. The van der Waals surface area contributed by atoms with Crippen LogP contribution in [0.15, 0.2) is 24.3 Å². The fourth-order valence-corrected chi connectivity index (χ4v) is 1.03. The van der Waals surface area contributed by atoms with E-state index in [9.17, 15) is 9.59 Å². The second-order valence-electron chi connectivity index (χ2n) is 2.36. The molecule has 70 valence electrons. The molecule has 0 spiro atoms. The number of hydrogen-bond acceptors (Lipinski definition) is 3. The maximum atomic E-state index is 11.1. The van der Waals surface area contributed by atoms with Crippen LogP contribution in [-0.2, 0) is 9.53 Å². The van der Waals surface area contributed by atoms with Gasteiger partial charge in [-0.25, -0.2) is 4.79 Å². The Balaban J connectivity index is 0. The summed E-state index contributed by atoms with van der Waals surface area (Å²) in [4.78, 5) is 21.6. The summed E-state index contributed by atoms with van der Waals surface area (Å²) in [5.74, 6) is -1.37. The summed E-state index contributed by atoms with van der Waals surface area (Å²) in [5, 5.41) is 0.272. The van der Waals surface area contributed by atoms with Crippen LogP contribution < -0.4 is 29.6 Å². The van der Waals surface area contributed by atoms with Crippen molar-refractivity contribution in [2.75, 3.05) is 0 Å². The van der Waals surface area contributed by atoms with Gasteiger partial charge >= 0.3 is 41.5 Å². The van der Waals surface area contributed by atoms with Crippen molar-refractivity contribution in [2.45, 2.75) is 6.92 Å². The van der Waals surface area contributed by atoms with Crippen molar-refractivity contribution in [3.8, 4) is 0 Å². The van der Waals surface area contributed by atoms with E-state index in [1.807, 2.05) is 0 Å². The molecule has 1 aromatic carbocycles. The first-order valence-electron chi connectivity index (χ1n) is 3.58. The van der Waals surface area contributed by atoms with E-state index in [1.165, 1.54) is 6.07 Å². The molecule has 5 heteroatoms. The van der Waals surface area contributed by atoms with Gasteiger partial charge < -0.3 is 6.16 Å². The summed E-state index contributed by atoms with van der Waals surface area (Å²) in [7, 11) is 0. The van der Waals surface area contributed by atoms with Crippen molar-refractivity contribution in [2.24, 2.45) is 0 Å². The maximum Gasteiger partial charge on any atom is 1.00 e. The van der Waals surface area contributed by atoms with E-state index in [2.05, 4.69) is 4.74 Å².